The van der Waals surface area contributed by atoms with Crippen LogP contribution in [-0.4, -0.2) is 29.7 Å². The summed E-state index contributed by atoms with van der Waals surface area (Å²) >= 11 is 6.42. The van der Waals surface area contributed by atoms with E-state index in [0.717, 1.165) is 24.3 Å². The number of nitrogens with one attached hydrogen (secondary N) is 1. The van der Waals surface area contributed by atoms with Gasteiger partial charge in [-0.15, -0.1) is 0 Å². The van der Waals surface area contributed by atoms with Gasteiger partial charge in [-0.1, -0.05) is 42.3 Å². The molecule has 2 heterocycles. The standard InChI is InChI=1S/C23H24ClFN4O/c24-19-6-1-2-7-21(19)29-22(15-8-10-18(25)11-9-15)12-20(26-29)23(30)27-28-13-16-4-3-5-17(16)14-28/h1-2,6-11,16-17,22H,3-5,12-14H2,(H,27,30). The molecule has 2 fully saturated rings. The normalized spacial score (nSPS) is 26.0. The molecule has 1 amide bonds. The van der Waals surface area contributed by atoms with Crippen molar-refractivity contribution >= 4 is 28.9 Å². The topological polar surface area (TPSA) is 47.9 Å². The van der Waals surface area contributed by atoms with E-state index in [2.05, 4.69) is 10.5 Å². The van der Waals surface area contributed by atoms with Crippen LogP contribution in [0.3, 0.4) is 0 Å². The summed E-state index contributed by atoms with van der Waals surface area (Å²) in [5, 5.41) is 9.03. The zero-order valence-electron chi connectivity index (χ0n) is 16.6. The van der Waals surface area contributed by atoms with Crippen molar-refractivity contribution in [1.29, 1.82) is 0 Å². The monoisotopic (exact) mass is 426 g/mol. The number of fused-ring (bicyclic) bond motifs is 1. The molecule has 1 aliphatic carbocycles. The molecule has 2 aromatic carbocycles. The molecule has 0 radical (unpaired) electrons. The highest BCUT2D eigenvalue weighted by atomic mass is 35.5. The van der Waals surface area contributed by atoms with E-state index in [9.17, 15) is 9.18 Å². The highest BCUT2D eigenvalue weighted by Crippen LogP contribution is 2.39. The van der Waals surface area contributed by atoms with Gasteiger partial charge in [-0.05, 0) is 54.5 Å². The maximum Gasteiger partial charge on any atom is 0.281 e. The molecule has 0 spiro atoms. The van der Waals surface area contributed by atoms with E-state index < -0.39 is 0 Å². The number of amides is 1. The Bertz CT molecular complexity index is 967. The Morgan fingerprint density at radius 3 is 2.47 bits per heavy atom. The fraction of sp³-hybridized carbons (Fsp3) is 0.391. The number of hydrogen-bond donors (Lipinski definition) is 1. The largest absolute Gasteiger partial charge is 0.284 e. The molecule has 7 heteroatoms. The quantitative estimate of drug-likeness (QED) is 0.780. The number of benzene rings is 2. The average molecular weight is 427 g/mol. The van der Waals surface area contributed by atoms with Gasteiger partial charge in [0.15, 0.2) is 0 Å². The maximum atomic E-state index is 13.5. The minimum atomic E-state index is -0.292. The van der Waals surface area contributed by atoms with Gasteiger partial charge in [0.05, 0.1) is 16.8 Å². The number of nitrogens with zero attached hydrogens (tertiary/aromatic N) is 3. The second-order valence-electron chi connectivity index (χ2n) is 8.41. The number of carbonyl (C=O) groups is 1. The van der Waals surface area contributed by atoms with Gasteiger partial charge in [0.2, 0.25) is 0 Å². The van der Waals surface area contributed by atoms with E-state index in [1.807, 2.05) is 23.2 Å². The summed E-state index contributed by atoms with van der Waals surface area (Å²) < 4.78 is 13.5. The zero-order chi connectivity index (χ0) is 20.7. The number of rotatable bonds is 4. The molecule has 0 bridgehead atoms. The predicted molar refractivity (Wildman–Crippen MR) is 116 cm³/mol. The van der Waals surface area contributed by atoms with Crippen LogP contribution in [-0.2, 0) is 4.79 Å². The Balaban J connectivity index is 1.38. The molecular weight excluding hydrogens is 403 g/mol. The van der Waals surface area contributed by atoms with E-state index in [1.54, 1.807) is 23.2 Å². The first kappa shape index (κ1) is 19.5. The Kier molecular flexibility index (Phi) is 5.21. The molecule has 156 valence electrons. The molecule has 30 heavy (non-hydrogen) atoms. The van der Waals surface area contributed by atoms with Crippen molar-refractivity contribution < 1.29 is 9.18 Å². The number of para-hydroxylation sites is 1. The SMILES string of the molecule is O=C(NN1CC2CCCC2C1)C1=NN(c2ccccc2Cl)C(c2ccc(F)cc2)C1. The number of hydrazine groups is 1. The molecule has 3 aliphatic rings. The van der Waals surface area contributed by atoms with Crippen LogP contribution in [0.5, 0.6) is 0 Å². The third kappa shape index (κ3) is 3.70. The minimum Gasteiger partial charge on any atom is -0.284 e. The van der Waals surface area contributed by atoms with Crippen molar-refractivity contribution in [2.24, 2.45) is 16.9 Å². The molecule has 0 aromatic heterocycles. The first-order valence-corrected chi connectivity index (χ1v) is 10.9. The number of anilines is 1. The van der Waals surface area contributed by atoms with Crippen molar-refractivity contribution in [2.75, 3.05) is 18.1 Å². The van der Waals surface area contributed by atoms with Crippen LogP contribution in [0.4, 0.5) is 10.1 Å². The lowest BCUT2D eigenvalue weighted by Crippen LogP contribution is -2.44. The van der Waals surface area contributed by atoms with E-state index in [-0.39, 0.29) is 17.8 Å². The van der Waals surface area contributed by atoms with Gasteiger partial charge in [-0.3, -0.25) is 15.2 Å². The molecule has 3 unspecified atom stereocenters. The second-order valence-corrected chi connectivity index (χ2v) is 8.82. The molecule has 1 saturated heterocycles. The molecule has 1 saturated carbocycles. The van der Waals surface area contributed by atoms with Crippen LogP contribution in [0.25, 0.3) is 0 Å². The van der Waals surface area contributed by atoms with Gasteiger partial charge in [0.25, 0.3) is 5.91 Å². The Morgan fingerprint density at radius 2 is 1.77 bits per heavy atom. The lowest BCUT2D eigenvalue weighted by atomic mass is 10.0. The van der Waals surface area contributed by atoms with E-state index in [0.29, 0.717) is 29.0 Å². The smallest absolute Gasteiger partial charge is 0.281 e. The summed E-state index contributed by atoms with van der Waals surface area (Å²) in [5.41, 5.74) is 5.14. The van der Waals surface area contributed by atoms with E-state index >= 15 is 0 Å². The van der Waals surface area contributed by atoms with Gasteiger partial charge in [-0.25, -0.2) is 9.40 Å². The molecule has 2 aliphatic heterocycles. The van der Waals surface area contributed by atoms with Gasteiger partial charge in [-0.2, -0.15) is 5.10 Å². The van der Waals surface area contributed by atoms with Crippen LogP contribution in [0.2, 0.25) is 5.02 Å². The Hall–Kier alpha value is -2.44. The Labute approximate surface area is 180 Å². The first-order chi connectivity index (χ1) is 14.6. The van der Waals surface area contributed by atoms with Crippen molar-refractivity contribution in [2.45, 2.75) is 31.7 Å². The van der Waals surface area contributed by atoms with Crippen LogP contribution in [0.1, 0.15) is 37.3 Å². The number of hydrazone groups is 1. The van der Waals surface area contributed by atoms with Gasteiger partial charge in [0.1, 0.15) is 11.5 Å². The molecule has 5 rings (SSSR count). The van der Waals surface area contributed by atoms with Crippen LogP contribution >= 0.6 is 11.6 Å². The zero-order valence-corrected chi connectivity index (χ0v) is 17.4. The highest BCUT2D eigenvalue weighted by molar-refractivity contribution is 6.40. The summed E-state index contributed by atoms with van der Waals surface area (Å²) in [5.74, 6) is 0.931. The summed E-state index contributed by atoms with van der Waals surface area (Å²) in [6.07, 6.45) is 4.25. The molecule has 1 N–H and O–H groups in total. The van der Waals surface area contributed by atoms with Gasteiger partial charge >= 0.3 is 0 Å². The van der Waals surface area contributed by atoms with Crippen LogP contribution in [0, 0.1) is 17.7 Å². The van der Waals surface area contributed by atoms with Crippen molar-refractivity contribution in [1.82, 2.24) is 10.4 Å². The van der Waals surface area contributed by atoms with Gasteiger partial charge in [0, 0.05) is 19.5 Å². The summed E-state index contributed by atoms with van der Waals surface area (Å²) in [7, 11) is 0. The molecule has 2 aromatic rings. The fourth-order valence-corrected chi connectivity index (χ4v) is 5.21. The lowest BCUT2D eigenvalue weighted by Gasteiger charge is -2.24. The number of carbonyl (C=O) groups excluding carboxylic acids is 1. The van der Waals surface area contributed by atoms with Crippen LogP contribution in [0.15, 0.2) is 53.6 Å². The summed E-state index contributed by atoms with van der Waals surface area (Å²) in [6, 6.07) is 13.5. The number of halogens is 2. The maximum absolute atomic E-state index is 13.5. The molecule has 3 atom stereocenters. The van der Waals surface area contributed by atoms with Crippen molar-refractivity contribution in [3.05, 3.63) is 64.9 Å². The summed E-state index contributed by atoms with van der Waals surface area (Å²) in [4.78, 5) is 13.0. The van der Waals surface area contributed by atoms with Crippen molar-refractivity contribution in [3.8, 4) is 0 Å². The summed E-state index contributed by atoms with van der Waals surface area (Å²) in [6.45, 7) is 1.83. The van der Waals surface area contributed by atoms with Crippen LogP contribution < -0.4 is 10.4 Å². The fourth-order valence-electron chi connectivity index (χ4n) is 4.99. The third-order valence-electron chi connectivity index (χ3n) is 6.51. The molecular formula is C23H24ClFN4O. The Morgan fingerprint density at radius 1 is 1.07 bits per heavy atom. The lowest BCUT2D eigenvalue weighted by molar-refractivity contribution is -0.119. The minimum absolute atomic E-state index is 0.170. The molecule has 5 nitrogen and oxygen atoms in total. The van der Waals surface area contributed by atoms with E-state index in [1.165, 1.54) is 31.4 Å². The van der Waals surface area contributed by atoms with E-state index in [4.69, 9.17) is 11.6 Å². The second kappa shape index (κ2) is 8.00. The highest BCUT2D eigenvalue weighted by Gasteiger charge is 2.38. The van der Waals surface area contributed by atoms with Crippen molar-refractivity contribution in [3.63, 3.8) is 0 Å². The first-order valence-electron chi connectivity index (χ1n) is 10.5. The predicted octanol–water partition coefficient (Wildman–Crippen LogP) is 4.55. The third-order valence-corrected chi connectivity index (χ3v) is 6.83. The number of hydrogen-bond acceptors (Lipinski definition) is 4. The average Bonchev–Trinajstić information content (AvgIpc) is 3.44. The van der Waals surface area contributed by atoms with Gasteiger partial charge < -0.3 is 0 Å².